The Bertz CT molecular complexity index is 1100. The van der Waals surface area contributed by atoms with E-state index >= 15 is 0 Å². The van der Waals surface area contributed by atoms with Gasteiger partial charge in [0.1, 0.15) is 5.76 Å². The second-order valence-corrected chi connectivity index (χ2v) is 7.80. The lowest BCUT2D eigenvalue weighted by Crippen LogP contribution is -2.43. The summed E-state index contributed by atoms with van der Waals surface area (Å²) in [6, 6.07) is 6.91. The van der Waals surface area contributed by atoms with E-state index in [-0.39, 0.29) is 23.7 Å². The molecule has 2 unspecified atom stereocenters. The van der Waals surface area contributed by atoms with Crippen molar-refractivity contribution in [2.75, 3.05) is 26.6 Å². The topological polar surface area (TPSA) is 124 Å². The third-order valence-electron chi connectivity index (χ3n) is 5.59. The van der Waals surface area contributed by atoms with Crippen LogP contribution >= 0.6 is 0 Å². The van der Waals surface area contributed by atoms with Crippen molar-refractivity contribution in [2.45, 2.75) is 19.8 Å². The van der Waals surface area contributed by atoms with Gasteiger partial charge in [0.05, 0.1) is 32.9 Å². The first-order chi connectivity index (χ1) is 16.4. The van der Waals surface area contributed by atoms with Crippen LogP contribution in [-0.2, 0) is 23.8 Å². The highest BCUT2D eigenvalue weighted by Gasteiger charge is 2.36. The smallest absolute Gasteiger partial charge is 0.251 e. The fraction of sp³-hybridized carbons (Fsp3) is 0.320. The van der Waals surface area contributed by atoms with Crippen molar-refractivity contribution in [3.8, 4) is 0 Å². The summed E-state index contributed by atoms with van der Waals surface area (Å²) in [5, 5.41) is 5.49. The summed E-state index contributed by atoms with van der Waals surface area (Å²) in [7, 11) is 4.52. The summed E-state index contributed by atoms with van der Waals surface area (Å²) in [4.78, 5) is 29.7. The van der Waals surface area contributed by atoms with Crippen molar-refractivity contribution in [1.29, 1.82) is 0 Å². The molecule has 0 spiro atoms. The summed E-state index contributed by atoms with van der Waals surface area (Å²) < 4.78 is 16.2. The summed E-state index contributed by atoms with van der Waals surface area (Å²) in [5.74, 6) is -0.165. The Hall–Kier alpha value is -4.01. The number of carbonyl (C=O) groups is 2. The van der Waals surface area contributed by atoms with Gasteiger partial charge in [0.15, 0.2) is 11.5 Å². The van der Waals surface area contributed by atoms with Gasteiger partial charge in [0.25, 0.3) is 5.91 Å². The monoisotopic (exact) mass is 466 g/mol. The molecular weight excluding hydrogens is 436 g/mol. The first-order valence-corrected chi connectivity index (χ1v) is 10.9. The number of nitrogens with two attached hydrogens (primary N) is 1. The van der Waals surface area contributed by atoms with Gasteiger partial charge in [-0.1, -0.05) is 31.2 Å². The van der Waals surface area contributed by atoms with Crippen molar-refractivity contribution in [2.24, 2.45) is 22.6 Å². The van der Waals surface area contributed by atoms with E-state index < -0.39 is 5.92 Å². The van der Waals surface area contributed by atoms with Crippen LogP contribution in [0.25, 0.3) is 0 Å². The van der Waals surface area contributed by atoms with E-state index in [1.807, 2.05) is 25.2 Å². The van der Waals surface area contributed by atoms with Crippen LogP contribution in [0.15, 0.2) is 76.4 Å². The first-order valence-electron chi connectivity index (χ1n) is 10.9. The summed E-state index contributed by atoms with van der Waals surface area (Å²) in [5.41, 5.74) is 7.79. The SMILES string of the molecule is COC1=CC(C(=O)NC(N)=Nc2cccc(NC(=O)C3=CC=CCC3)c2)C(C)C(OC)=C1OC. The van der Waals surface area contributed by atoms with Crippen molar-refractivity contribution < 1.29 is 23.8 Å². The van der Waals surface area contributed by atoms with Crippen LogP contribution < -0.4 is 16.4 Å². The van der Waals surface area contributed by atoms with Gasteiger partial charge < -0.3 is 25.3 Å². The number of hydrogen-bond acceptors (Lipinski definition) is 6. The molecule has 0 heterocycles. The third kappa shape index (κ3) is 5.67. The molecule has 9 nitrogen and oxygen atoms in total. The van der Waals surface area contributed by atoms with Gasteiger partial charge in [-0.25, -0.2) is 4.99 Å². The Labute approximate surface area is 199 Å². The molecule has 34 heavy (non-hydrogen) atoms. The molecule has 0 saturated heterocycles. The van der Waals surface area contributed by atoms with E-state index in [4.69, 9.17) is 19.9 Å². The number of hydrogen-bond donors (Lipinski definition) is 3. The number of ether oxygens (including phenoxy) is 3. The highest BCUT2D eigenvalue weighted by atomic mass is 16.5. The predicted molar refractivity (Wildman–Crippen MR) is 130 cm³/mol. The van der Waals surface area contributed by atoms with Crippen molar-refractivity contribution in [3.63, 3.8) is 0 Å². The third-order valence-corrected chi connectivity index (χ3v) is 5.59. The number of amides is 2. The number of benzene rings is 1. The molecule has 9 heteroatoms. The summed E-state index contributed by atoms with van der Waals surface area (Å²) >= 11 is 0. The molecule has 1 aromatic carbocycles. The quantitative estimate of drug-likeness (QED) is 0.419. The number of methoxy groups -OCH3 is 3. The minimum absolute atomic E-state index is 0.0753. The molecule has 0 fully saturated rings. The van der Waals surface area contributed by atoms with E-state index in [2.05, 4.69) is 15.6 Å². The normalized spacial score (nSPS) is 20.2. The van der Waals surface area contributed by atoms with Crippen LogP contribution in [0, 0.1) is 11.8 Å². The Kier molecular flexibility index (Phi) is 8.13. The number of aliphatic imine (C=N–C) groups is 1. The lowest BCUT2D eigenvalue weighted by molar-refractivity contribution is -0.123. The molecule has 2 aliphatic carbocycles. The van der Waals surface area contributed by atoms with Gasteiger partial charge >= 0.3 is 0 Å². The van der Waals surface area contributed by atoms with Gasteiger partial charge in [-0.2, -0.15) is 0 Å². The van der Waals surface area contributed by atoms with Gasteiger partial charge in [-0.15, -0.1) is 0 Å². The van der Waals surface area contributed by atoms with Crippen LogP contribution in [0.2, 0.25) is 0 Å². The molecule has 0 aromatic heterocycles. The van der Waals surface area contributed by atoms with E-state index in [9.17, 15) is 9.59 Å². The van der Waals surface area contributed by atoms with Gasteiger partial charge in [-0.3, -0.25) is 14.9 Å². The second-order valence-electron chi connectivity index (χ2n) is 7.80. The van der Waals surface area contributed by atoms with Crippen LogP contribution in [0.4, 0.5) is 11.4 Å². The fourth-order valence-corrected chi connectivity index (χ4v) is 3.85. The maximum absolute atomic E-state index is 13.0. The molecule has 2 aliphatic rings. The molecule has 180 valence electrons. The van der Waals surface area contributed by atoms with Gasteiger partial charge in [-0.05, 0) is 37.1 Å². The number of nitrogens with one attached hydrogen (secondary N) is 2. The number of carbonyl (C=O) groups excluding carboxylic acids is 2. The zero-order valence-corrected chi connectivity index (χ0v) is 19.8. The maximum Gasteiger partial charge on any atom is 0.251 e. The minimum Gasteiger partial charge on any atom is -0.497 e. The first kappa shape index (κ1) is 24.6. The van der Waals surface area contributed by atoms with Crippen molar-refractivity contribution in [1.82, 2.24) is 5.32 Å². The lowest BCUT2D eigenvalue weighted by atomic mass is 9.86. The second kappa shape index (κ2) is 11.2. The van der Waals surface area contributed by atoms with Crippen LogP contribution in [-0.4, -0.2) is 39.1 Å². The molecule has 2 atom stereocenters. The molecule has 2 amide bonds. The predicted octanol–water partition coefficient (Wildman–Crippen LogP) is 3.26. The molecule has 0 bridgehead atoms. The molecule has 3 rings (SSSR count). The minimum atomic E-state index is -0.610. The van der Waals surface area contributed by atoms with Gasteiger partial charge in [0.2, 0.25) is 11.9 Å². The Morgan fingerprint density at radius 2 is 1.94 bits per heavy atom. The number of allylic oxidation sites excluding steroid dienone is 4. The Morgan fingerprint density at radius 3 is 2.59 bits per heavy atom. The van der Waals surface area contributed by atoms with Crippen molar-refractivity contribution in [3.05, 3.63) is 71.4 Å². The summed E-state index contributed by atoms with van der Waals surface area (Å²) in [6.45, 7) is 1.85. The van der Waals surface area contributed by atoms with Crippen LogP contribution in [0.3, 0.4) is 0 Å². The number of anilines is 1. The largest absolute Gasteiger partial charge is 0.497 e. The Morgan fingerprint density at radius 1 is 1.15 bits per heavy atom. The zero-order valence-electron chi connectivity index (χ0n) is 19.8. The number of guanidine groups is 1. The van der Waals surface area contributed by atoms with Crippen LogP contribution in [0.1, 0.15) is 19.8 Å². The maximum atomic E-state index is 13.0. The molecule has 0 radical (unpaired) electrons. The van der Waals surface area contributed by atoms with Crippen molar-refractivity contribution >= 4 is 29.1 Å². The van der Waals surface area contributed by atoms with Crippen LogP contribution in [0.5, 0.6) is 0 Å². The highest BCUT2D eigenvalue weighted by molar-refractivity contribution is 6.04. The van der Waals surface area contributed by atoms with E-state index in [1.54, 1.807) is 30.3 Å². The average Bonchev–Trinajstić information content (AvgIpc) is 2.84. The molecule has 0 aliphatic heterocycles. The number of nitrogens with zero attached hydrogens (tertiary/aromatic N) is 1. The lowest BCUT2D eigenvalue weighted by Gasteiger charge is -2.29. The molecule has 1 aromatic rings. The fourth-order valence-electron chi connectivity index (χ4n) is 3.85. The molecule has 0 saturated carbocycles. The van der Waals surface area contributed by atoms with E-state index in [0.29, 0.717) is 35.1 Å². The Balaban J connectivity index is 1.71. The average molecular weight is 467 g/mol. The van der Waals surface area contributed by atoms with E-state index in [0.717, 1.165) is 12.0 Å². The van der Waals surface area contributed by atoms with Gasteiger partial charge in [0, 0.05) is 17.2 Å². The molecule has 4 N–H and O–H groups in total. The van der Waals surface area contributed by atoms with E-state index in [1.165, 1.54) is 21.3 Å². The standard InChI is InChI=1S/C25H30N4O5/c1-15-19(14-20(32-2)22(34-4)21(15)33-3)24(31)29-25(26)28-18-12-8-11-17(13-18)27-23(30)16-9-6-5-7-10-16/h5-6,8-9,11-15,19H,7,10H2,1-4H3,(H,27,30)(H3,26,28,29,31). The summed E-state index contributed by atoms with van der Waals surface area (Å²) in [6.07, 6.45) is 8.91. The number of rotatable bonds is 7. The zero-order chi connectivity index (χ0) is 24.7. The molecular formula is C25H30N4O5. The highest BCUT2D eigenvalue weighted by Crippen LogP contribution is 2.35.